The van der Waals surface area contributed by atoms with Crippen molar-refractivity contribution >= 4 is 5.91 Å². The van der Waals surface area contributed by atoms with Crippen LogP contribution < -0.4 is 0 Å². The van der Waals surface area contributed by atoms with E-state index < -0.39 is 0 Å². The monoisotopic (exact) mass is 261 g/mol. The SMILES string of the molecule is Cc1nccn1[C@@H](C)CC(=O)N(C)Cc1ccn[nH]1. The van der Waals surface area contributed by atoms with Crippen molar-refractivity contribution in [3.63, 3.8) is 0 Å². The van der Waals surface area contributed by atoms with Crippen molar-refractivity contribution in [1.82, 2.24) is 24.6 Å². The van der Waals surface area contributed by atoms with E-state index in [4.69, 9.17) is 0 Å². The third kappa shape index (κ3) is 3.21. The van der Waals surface area contributed by atoms with Crippen LogP contribution in [0.1, 0.15) is 30.9 Å². The number of aromatic nitrogens is 4. The van der Waals surface area contributed by atoms with Gasteiger partial charge in [0.05, 0.1) is 12.2 Å². The number of aromatic amines is 1. The Kier molecular flexibility index (Phi) is 3.99. The fraction of sp³-hybridized carbons (Fsp3) is 0.462. The maximum atomic E-state index is 12.1. The molecule has 0 spiro atoms. The standard InChI is InChI=1S/C13H19N5O/c1-10(18-7-6-14-11(18)2)8-13(19)17(3)9-12-4-5-15-16-12/h4-7,10H,8-9H2,1-3H3,(H,15,16)/t10-/m0/s1. The fourth-order valence-corrected chi connectivity index (χ4v) is 2.08. The lowest BCUT2D eigenvalue weighted by Crippen LogP contribution is -2.28. The highest BCUT2D eigenvalue weighted by Crippen LogP contribution is 2.14. The molecule has 2 heterocycles. The quantitative estimate of drug-likeness (QED) is 0.887. The number of hydrogen-bond acceptors (Lipinski definition) is 3. The van der Waals surface area contributed by atoms with E-state index in [9.17, 15) is 4.79 Å². The van der Waals surface area contributed by atoms with Gasteiger partial charge in [-0.25, -0.2) is 4.98 Å². The number of carbonyl (C=O) groups is 1. The molecule has 6 nitrogen and oxygen atoms in total. The highest BCUT2D eigenvalue weighted by Gasteiger charge is 2.16. The normalized spacial score (nSPS) is 12.4. The molecule has 0 aliphatic carbocycles. The summed E-state index contributed by atoms with van der Waals surface area (Å²) in [5.74, 6) is 1.03. The van der Waals surface area contributed by atoms with Crippen LogP contribution in [0.5, 0.6) is 0 Å². The molecule has 102 valence electrons. The first-order valence-corrected chi connectivity index (χ1v) is 6.29. The van der Waals surface area contributed by atoms with Crippen LogP contribution in [0.3, 0.4) is 0 Å². The Morgan fingerprint density at radius 2 is 2.32 bits per heavy atom. The molecule has 2 aromatic rings. The first kappa shape index (κ1) is 13.3. The molecule has 0 aromatic carbocycles. The van der Waals surface area contributed by atoms with E-state index in [0.717, 1.165) is 11.5 Å². The summed E-state index contributed by atoms with van der Waals surface area (Å²) >= 11 is 0. The van der Waals surface area contributed by atoms with E-state index in [-0.39, 0.29) is 11.9 Å². The molecule has 0 aliphatic rings. The number of nitrogens with zero attached hydrogens (tertiary/aromatic N) is 4. The van der Waals surface area contributed by atoms with Crippen molar-refractivity contribution < 1.29 is 4.79 Å². The fourth-order valence-electron chi connectivity index (χ4n) is 2.08. The lowest BCUT2D eigenvalue weighted by molar-refractivity contribution is -0.131. The van der Waals surface area contributed by atoms with Crippen molar-refractivity contribution in [2.45, 2.75) is 32.9 Å². The van der Waals surface area contributed by atoms with Gasteiger partial charge in [0.15, 0.2) is 0 Å². The molecule has 0 bridgehead atoms. The second-order valence-corrected chi connectivity index (χ2v) is 4.77. The molecule has 19 heavy (non-hydrogen) atoms. The molecule has 1 amide bonds. The van der Waals surface area contributed by atoms with Gasteiger partial charge in [0.2, 0.25) is 5.91 Å². The zero-order chi connectivity index (χ0) is 13.8. The van der Waals surface area contributed by atoms with Crippen LogP contribution in [0.25, 0.3) is 0 Å². The molecule has 0 fully saturated rings. The van der Waals surface area contributed by atoms with Crippen LogP contribution in [0.4, 0.5) is 0 Å². The van der Waals surface area contributed by atoms with Gasteiger partial charge in [0, 0.05) is 38.1 Å². The summed E-state index contributed by atoms with van der Waals surface area (Å²) in [6.45, 7) is 4.51. The van der Waals surface area contributed by atoms with Crippen molar-refractivity contribution in [2.75, 3.05) is 7.05 Å². The molecule has 0 saturated heterocycles. The van der Waals surface area contributed by atoms with Crippen molar-refractivity contribution in [2.24, 2.45) is 0 Å². The zero-order valence-electron chi connectivity index (χ0n) is 11.5. The third-order valence-corrected chi connectivity index (χ3v) is 3.20. The number of nitrogens with one attached hydrogen (secondary N) is 1. The van der Waals surface area contributed by atoms with Gasteiger partial charge < -0.3 is 9.47 Å². The summed E-state index contributed by atoms with van der Waals surface area (Å²) in [5.41, 5.74) is 0.933. The molecule has 0 unspecified atom stereocenters. The van der Waals surface area contributed by atoms with Gasteiger partial charge >= 0.3 is 0 Å². The van der Waals surface area contributed by atoms with Crippen LogP contribution >= 0.6 is 0 Å². The molecular formula is C13H19N5O. The Morgan fingerprint density at radius 1 is 1.53 bits per heavy atom. The topological polar surface area (TPSA) is 66.8 Å². The second kappa shape index (κ2) is 5.69. The minimum atomic E-state index is 0.107. The summed E-state index contributed by atoms with van der Waals surface area (Å²) in [4.78, 5) is 18.0. The number of H-pyrrole nitrogens is 1. The number of hydrogen-bond donors (Lipinski definition) is 1. The van der Waals surface area contributed by atoms with Crippen molar-refractivity contribution in [3.05, 3.63) is 36.2 Å². The molecule has 1 N–H and O–H groups in total. The van der Waals surface area contributed by atoms with E-state index in [2.05, 4.69) is 15.2 Å². The molecule has 2 aromatic heterocycles. The van der Waals surface area contributed by atoms with Crippen LogP contribution in [0.2, 0.25) is 0 Å². The Bertz CT molecular complexity index is 531. The number of rotatable bonds is 5. The van der Waals surface area contributed by atoms with E-state index >= 15 is 0 Å². The summed E-state index contributed by atoms with van der Waals surface area (Å²) < 4.78 is 2.02. The highest BCUT2D eigenvalue weighted by atomic mass is 16.2. The summed E-state index contributed by atoms with van der Waals surface area (Å²) in [6.07, 6.45) is 5.81. The van der Waals surface area contributed by atoms with Gasteiger partial charge in [-0.3, -0.25) is 9.89 Å². The first-order chi connectivity index (χ1) is 9.08. The maximum absolute atomic E-state index is 12.1. The Labute approximate surface area is 112 Å². The van der Waals surface area contributed by atoms with Crippen molar-refractivity contribution in [1.29, 1.82) is 0 Å². The van der Waals surface area contributed by atoms with Gasteiger partial charge in [0.25, 0.3) is 0 Å². The Balaban J connectivity index is 1.92. The molecule has 0 saturated carbocycles. The predicted molar refractivity (Wildman–Crippen MR) is 71.4 cm³/mol. The molecule has 2 rings (SSSR count). The van der Waals surface area contributed by atoms with Gasteiger partial charge in [-0.1, -0.05) is 0 Å². The summed E-state index contributed by atoms with van der Waals surface area (Å²) in [5, 5.41) is 6.73. The van der Waals surface area contributed by atoms with Gasteiger partial charge in [-0.2, -0.15) is 5.10 Å². The number of aryl methyl sites for hydroxylation is 1. The van der Waals surface area contributed by atoms with Gasteiger partial charge in [-0.05, 0) is 19.9 Å². The lowest BCUT2D eigenvalue weighted by Gasteiger charge is -2.20. The van der Waals surface area contributed by atoms with Gasteiger partial charge in [0.1, 0.15) is 5.82 Å². The number of amides is 1. The van der Waals surface area contributed by atoms with E-state index in [0.29, 0.717) is 13.0 Å². The zero-order valence-corrected chi connectivity index (χ0v) is 11.5. The van der Waals surface area contributed by atoms with Gasteiger partial charge in [-0.15, -0.1) is 0 Å². The maximum Gasteiger partial charge on any atom is 0.224 e. The minimum absolute atomic E-state index is 0.107. The molecule has 1 atom stereocenters. The molecule has 6 heteroatoms. The highest BCUT2D eigenvalue weighted by molar-refractivity contribution is 5.76. The second-order valence-electron chi connectivity index (χ2n) is 4.77. The molecular weight excluding hydrogens is 242 g/mol. The summed E-state index contributed by atoms with van der Waals surface area (Å²) in [6, 6.07) is 1.98. The predicted octanol–water partition coefficient (Wildman–Crippen LogP) is 1.52. The van der Waals surface area contributed by atoms with E-state index in [1.807, 2.05) is 30.7 Å². The Morgan fingerprint density at radius 3 is 2.89 bits per heavy atom. The average Bonchev–Trinajstić information content (AvgIpc) is 3.00. The van der Waals surface area contributed by atoms with Crippen LogP contribution in [0, 0.1) is 6.92 Å². The minimum Gasteiger partial charge on any atom is -0.340 e. The average molecular weight is 261 g/mol. The number of carbonyl (C=O) groups excluding carboxylic acids is 1. The van der Waals surface area contributed by atoms with E-state index in [1.165, 1.54) is 0 Å². The Hall–Kier alpha value is -2.11. The lowest BCUT2D eigenvalue weighted by atomic mass is 10.2. The van der Waals surface area contributed by atoms with E-state index in [1.54, 1.807) is 24.3 Å². The largest absolute Gasteiger partial charge is 0.340 e. The van der Waals surface area contributed by atoms with Crippen LogP contribution in [-0.2, 0) is 11.3 Å². The molecule has 0 aliphatic heterocycles. The third-order valence-electron chi connectivity index (χ3n) is 3.20. The van der Waals surface area contributed by atoms with Crippen molar-refractivity contribution in [3.8, 4) is 0 Å². The first-order valence-electron chi connectivity index (χ1n) is 6.29. The van der Waals surface area contributed by atoms with Crippen LogP contribution in [-0.4, -0.2) is 37.6 Å². The summed E-state index contributed by atoms with van der Waals surface area (Å²) in [7, 11) is 1.80. The number of imidazole rings is 1. The van der Waals surface area contributed by atoms with Crippen LogP contribution in [0.15, 0.2) is 24.7 Å². The smallest absolute Gasteiger partial charge is 0.224 e. The molecule has 0 radical (unpaired) electrons.